The maximum Gasteiger partial charge on any atom is 0.405 e. The number of nitrogens with zero attached hydrogens (tertiary/aromatic N) is 3. The lowest BCUT2D eigenvalue weighted by Gasteiger charge is -2.23. The van der Waals surface area contributed by atoms with E-state index in [-0.39, 0.29) is 18.1 Å². The first-order chi connectivity index (χ1) is 8.96. The standard InChI is InChI=1S/C10H10F3N3O2S/c11-10(12,13)6-15(1-3-17)8-7(5-18)16-2-4-19-9(16)14-8/h2,4-5,17H,1,3,6H2. The van der Waals surface area contributed by atoms with Crippen LogP contribution in [0.4, 0.5) is 19.0 Å². The predicted molar refractivity (Wildman–Crippen MR) is 63.8 cm³/mol. The largest absolute Gasteiger partial charge is 0.405 e. The zero-order chi connectivity index (χ0) is 14.0. The van der Waals surface area contributed by atoms with E-state index < -0.39 is 19.3 Å². The van der Waals surface area contributed by atoms with Crippen LogP contribution >= 0.6 is 11.3 Å². The van der Waals surface area contributed by atoms with Gasteiger partial charge in [0.15, 0.2) is 17.1 Å². The Morgan fingerprint density at radius 2 is 2.26 bits per heavy atom. The van der Waals surface area contributed by atoms with E-state index in [1.807, 2.05) is 0 Å². The molecule has 104 valence electrons. The van der Waals surface area contributed by atoms with Gasteiger partial charge in [0.25, 0.3) is 0 Å². The van der Waals surface area contributed by atoms with Crippen LogP contribution in [0.25, 0.3) is 4.96 Å². The van der Waals surface area contributed by atoms with Gasteiger partial charge in [-0.05, 0) is 0 Å². The van der Waals surface area contributed by atoms with Gasteiger partial charge in [0.05, 0.1) is 6.61 Å². The minimum atomic E-state index is -4.44. The van der Waals surface area contributed by atoms with E-state index in [0.717, 1.165) is 4.90 Å². The van der Waals surface area contributed by atoms with Crippen LogP contribution in [-0.4, -0.2) is 46.7 Å². The van der Waals surface area contributed by atoms with Crippen LogP contribution in [0.15, 0.2) is 11.6 Å². The molecule has 5 nitrogen and oxygen atoms in total. The smallest absolute Gasteiger partial charge is 0.395 e. The first kappa shape index (κ1) is 13.8. The van der Waals surface area contributed by atoms with E-state index in [2.05, 4.69) is 4.98 Å². The van der Waals surface area contributed by atoms with Gasteiger partial charge < -0.3 is 10.0 Å². The zero-order valence-electron chi connectivity index (χ0n) is 9.59. The highest BCUT2D eigenvalue weighted by Crippen LogP contribution is 2.26. The molecular weight excluding hydrogens is 283 g/mol. The number of carbonyl (C=O) groups excluding carboxylic acids is 1. The lowest BCUT2D eigenvalue weighted by Crippen LogP contribution is -2.37. The lowest BCUT2D eigenvalue weighted by molar-refractivity contribution is -0.120. The zero-order valence-corrected chi connectivity index (χ0v) is 10.4. The third-order valence-electron chi connectivity index (χ3n) is 2.43. The molecule has 0 aromatic carbocycles. The minimum absolute atomic E-state index is 0.0500. The van der Waals surface area contributed by atoms with Crippen molar-refractivity contribution in [1.29, 1.82) is 0 Å². The first-order valence-electron chi connectivity index (χ1n) is 5.29. The molecule has 0 amide bonds. The summed E-state index contributed by atoms with van der Waals surface area (Å²) in [4.78, 5) is 16.3. The molecule has 19 heavy (non-hydrogen) atoms. The molecule has 9 heteroatoms. The number of aromatic nitrogens is 2. The molecule has 2 aromatic heterocycles. The second-order valence-corrected chi connectivity index (χ2v) is 4.63. The Labute approximate surface area is 109 Å². The van der Waals surface area contributed by atoms with Crippen LogP contribution in [0.2, 0.25) is 0 Å². The number of halogens is 3. The number of hydrogen-bond acceptors (Lipinski definition) is 5. The van der Waals surface area contributed by atoms with Crippen molar-refractivity contribution in [2.75, 3.05) is 24.6 Å². The summed E-state index contributed by atoms with van der Waals surface area (Å²) in [5, 5.41) is 10.5. The number of imidazole rings is 1. The Bertz CT molecular complexity index is 578. The molecule has 0 radical (unpaired) electrons. The summed E-state index contributed by atoms with van der Waals surface area (Å²) >= 11 is 1.21. The second kappa shape index (κ2) is 5.17. The Hall–Kier alpha value is -1.61. The molecule has 1 N–H and O–H groups in total. The molecule has 0 spiro atoms. The van der Waals surface area contributed by atoms with E-state index in [0.29, 0.717) is 11.2 Å². The van der Waals surface area contributed by atoms with E-state index in [1.165, 1.54) is 15.7 Å². The summed E-state index contributed by atoms with van der Waals surface area (Å²) < 4.78 is 38.9. The molecule has 0 aliphatic rings. The van der Waals surface area contributed by atoms with Crippen molar-refractivity contribution in [2.45, 2.75) is 6.18 Å². The van der Waals surface area contributed by atoms with E-state index in [4.69, 9.17) is 5.11 Å². The number of rotatable bonds is 5. The van der Waals surface area contributed by atoms with Crippen LogP contribution in [-0.2, 0) is 0 Å². The second-order valence-electron chi connectivity index (χ2n) is 3.75. The normalized spacial score (nSPS) is 12.0. The summed E-state index contributed by atoms with van der Waals surface area (Å²) in [6.45, 7) is -1.97. The summed E-state index contributed by atoms with van der Waals surface area (Å²) in [5.41, 5.74) is 0.0500. The number of carbonyl (C=O) groups is 1. The third-order valence-corrected chi connectivity index (χ3v) is 3.19. The average molecular weight is 293 g/mol. The van der Waals surface area contributed by atoms with Crippen molar-refractivity contribution in [3.63, 3.8) is 0 Å². The van der Waals surface area contributed by atoms with E-state index in [1.54, 1.807) is 11.6 Å². The van der Waals surface area contributed by atoms with Gasteiger partial charge in [-0.25, -0.2) is 4.98 Å². The number of alkyl halides is 3. The Morgan fingerprint density at radius 3 is 2.84 bits per heavy atom. The fourth-order valence-corrected chi connectivity index (χ4v) is 2.45. The molecule has 0 fully saturated rings. The fourth-order valence-electron chi connectivity index (χ4n) is 1.73. The van der Waals surface area contributed by atoms with Crippen LogP contribution < -0.4 is 4.90 Å². The minimum Gasteiger partial charge on any atom is -0.395 e. The van der Waals surface area contributed by atoms with Crippen molar-refractivity contribution < 1.29 is 23.1 Å². The molecule has 0 saturated carbocycles. The highest BCUT2D eigenvalue weighted by molar-refractivity contribution is 7.15. The van der Waals surface area contributed by atoms with Crippen molar-refractivity contribution >= 4 is 28.4 Å². The van der Waals surface area contributed by atoms with Gasteiger partial charge in [0.2, 0.25) is 0 Å². The molecule has 2 heterocycles. The monoisotopic (exact) mass is 293 g/mol. The molecule has 2 aromatic rings. The maximum atomic E-state index is 12.5. The first-order valence-corrected chi connectivity index (χ1v) is 6.17. The topological polar surface area (TPSA) is 57.8 Å². The summed E-state index contributed by atoms with van der Waals surface area (Å²) in [7, 11) is 0. The SMILES string of the molecule is O=Cc1c(N(CCO)CC(F)(F)F)nc2sccn12. The summed E-state index contributed by atoms with van der Waals surface area (Å²) in [6.07, 6.45) is -2.42. The Balaban J connectivity index is 2.42. The average Bonchev–Trinajstić information content (AvgIpc) is 2.85. The van der Waals surface area contributed by atoms with Crippen molar-refractivity contribution in [1.82, 2.24) is 9.38 Å². The molecule has 0 atom stereocenters. The van der Waals surface area contributed by atoms with Gasteiger partial charge >= 0.3 is 6.18 Å². The fraction of sp³-hybridized carbons (Fsp3) is 0.400. The van der Waals surface area contributed by atoms with Crippen molar-refractivity contribution in [2.24, 2.45) is 0 Å². The maximum absolute atomic E-state index is 12.5. The lowest BCUT2D eigenvalue weighted by atomic mass is 10.4. The molecule has 0 saturated heterocycles. The Morgan fingerprint density at radius 1 is 1.53 bits per heavy atom. The van der Waals surface area contributed by atoms with Crippen molar-refractivity contribution in [3.05, 3.63) is 17.3 Å². The number of aliphatic hydroxyl groups excluding tert-OH is 1. The van der Waals surface area contributed by atoms with Gasteiger partial charge in [-0.2, -0.15) is 13.2 Å². The number of hydrogen-bond donors (Lipinski definition) is 1. The molecule has 2 rings (SSSR count). The predicted octanol–water partition coefficient (Wildman–Crippen LogP) is 1.57. The Kier molecular flexibility index (Phi) is 3.76. The molecule has 0 aliphatic carbocycles. The summed E-state index contributed by atoms with van der Waals surface area (Å²) in [5.74, 6) is -0.0618. The van der Waals surface area contributed by atoms with Crippen LogP contribution in [0.3, 0.4) is 0 Å². The number of aliphatic hydroxyl groups is 1. The van der Waals surface area contributed by atoms with Crippen molar-refractivity contribution in [3.8, 4) is 0 Å². The number of thiazole rings is 1. The summed E-state index contributed by atoms with van der Waals surface area (Å²) in [6, 6.07) is 0. The highest BCUT2D eigenvalue weighted by Gasteiger charge is 2.33. The third kappa shape index (κ3) is 2.87. The number of anilines is 1. The van der Waals surface area contributed by atoms with E-state index >= 15 is 0 Å². The molecule has 0 unspecified atom stereocenters. The molecule has 0 bridgehead atoms. The molecule has 0 aliphatic heterocycles. The van der Waals surface area contributed by atoms with E-state index in [9.17, 15) is 18.0 Å². The van der Waals surface area contributed by atoms with Gasteiger partial charge in [-0.15, -0.1) is 11.3 Å². The van der Waals surface area contributed by atoms with Gasteiger partial charge in [0.1, 0.15) is 12.2 Å². The van der Waals surface area contributed by atoms with Crippen LogP contribution in [0, 0.1) is 0 Å². The van der Waals surface area contributed by atoms with Crippen LogP contribution in [0.1, 0.15) is 10.5 Å². The quantitative estimate of drug-likeness (QED) is 0.850. The highest BCUT2D eigenvalue weighted by atomic mass is 32.1. The number of aldehydes is 1. The number of fused-ring (bicyclic) bond motifs is 1. The van der Waals surface area contributed by atoms with Gasteiger partial charge in [-0.1, -0.05) is 0 Å². The van der Waals surface area contributed by atoms with Gasteiger partial charge in [0, 0.05) is 18.1 Å². The van der Waals surface area contributed by atoms with Gasteiger partial charge in [-0.3, -0.25) is 9.20 Å². The molecular formula is C10H10F3N3O2S. The van der Waals surface area contributed by atoms with Crippen LogP contribution in [0.5, 0.6) is 0 Å².